The van der Waals surface area contributed by atoms with Crippen LogP contribution in [0.5, 0.6) is 0 Å². The lowest BCUT2D eigenvalue weighted by Gasteiger charge is -2.48. The molecule has 1 unspecified atom stereocenters. The first kappa shape index (κ1) is 16.0. The lowest BCUT2D eigenvalue weighted by Crippen LogP contribution is -2.55. The normalized spacial score (nSPS) is 20.3. The highest BCUT2D eigenvalue weighted by Gasteiger charge is 2.44. The van der Waals surface area contributed by atoms with E-state index >= 15 is 0 Å². The molecule has 0 aromatic carbocycles. The number of aromatic nitrogens is 2. The number of halogens is 1. The van der Waals surface area contributed by atoms with Crippen molar-refractivity contribution in [3.8, 4) is 0 Å². The van der Waals surface area contributed by atoms with E-state index < -0.39 is 0 Å². The van der Waals surface area contributed by atoms with Gasteiger partial charge in [0.25, 0.3) is 0 Å². The van der Waals surface area contributed by atoms with Crippen LogP contribution in [-0.4, -0.2) is 40.9 Å². The quantitative estimate of drug-likeness (QED) is 0.892. The summed E-state index contributed by atoms with van der Waals surface area (Å²) in [6.07, 6.45) is 8.39. The minimum absolute atomic E-state index is 0.185. The maximum atomic E-state index is 4.42. The standard InChI is InChI=1S/C15H27BrN4/c1-5-17-14(13-12(16)11-18-20(13)4)15(19(2)3)9-7-6-8-10-15/h11,14,17H,5-10H2,1-4H3. The molecule has 2 rings (SSSR count). The van der Waals surface area contributed by atoms with Crippen LogP contribution in [0.15, 0.2) is 10.7 Å². The third kappa shape index (κ3) is 2.81. The van der Waals surface area contributed by atoms with Crippen LogP contribution < -0.4 is 5.32 Å². The second-order valence-corrected chi connectivity index (χ2v) is 6.91. The molecule has 1 aromatic rings. The van der Waals surface area contributed by atoms with Crippen LogP contribution in [0.2, 0.25) is 0 Å². The van der Waals surface area contributed by atoms with Crippen molar-refractivity contribution in [3.63, 3.8) is 0 Å². The molecule has 1 N–H and O–H groups in total. The number of hydrogen-bond donors (Lipinski definition) is 1. The number of nitrogens with one attached hydrogen (secondary N) is 1. The molecule has 0 saturated heterocycles. The summed E-state index contributed by atoms with van der Waals surface area (Å²) in [5.74, 6) is 0. The average molecular weight is 343 g/mol. The van der Waals surface area contributed by atoms with Gasteiger partial charge in [-0.3, -0.25) is 4.68 Å². The highest BCUT2D eigenvalue weighted by Crippen LogP contribution is 2.43. The molecule has 4 nitrogen and oxygen atoms in total. The number of likely N-dealkylation sites (N-methyl/N-ethyl adjacent to an activating group) is 2. The molecule has 0 amide bonds. The zero-order chi connectivity index (χ0) is 14.8. The Morgan fingerprint density at radius 1 is 1.40 bits per heavy atom. The maximum Gasteiger partial charge on any atom is 0.0711 e. The molecule has 0 radical (unpaired) electrons. The highest BCUT2D eigenvalue weighted by molar-refractivity contribution is 9.10. The van der Waals surface area contributed by atoms with Crippen LogP contribution in [0.3, 0.4) is 0 Å². The van der Waals surface area contributed by atoms with Crippen molar-refractivity contribution >= 4 is 15.9 Å². The molecule has 20 heavy (non-hydrogen) atoms. The van der Waals surface area contributed by atoms with E-state index in [1.165, 1.54) is 37.8 Å². The zero-order valence-electron chi connectivity index (χ0n) is 13.1. The Morgan fingerprint density at radius 2 is 2.05 bits per heavy atom. The molecule has 1 aliphatic rings. The molecule has 5 heteroatoms. The van der Waals surface area contributed by atoms with Gasteiger partial charge in [-0.25, -0.2) is 0 Å². The fourth-order valence-corrected chi connectivity index (χ4v) is 4.23. The van der Waals surface area contributed by atoms with Gasteiger partial charge in [-0.05, 0) is 49.4 Å². The first-order chi connectivity index (χ1) is 9.53. The minimum Gasteiger partial charge on any atom is -0.307 e. The van der Waals surface area contributed by atoms with Crippen LogP contribution >= 0.6 is 15.9 Å². The molecule has 1 fully saturated rings. The van der Waals surface area contributed by atoms with E-state index in [-0.39, 0.29) is 5.54 Å². The summed E-state index contributed by atoms with van der Waals surface area (Å²) in [5, 5.41) is 8.14. The molecule has 0 spiro atoms. The van der Waals surface area contributed by atoms with E-state index in [1.54, 1.807) is 0 Å². The second-order valence-electron chi connectivity index (χ2n) is 6.05. The SMILES string of the molecule is CCNC(c1c(Br)cnn1C)C1(N(C)C)CCCCC1. The summed E-state index contributed by atoms with van der Waals surface area (Å²) in [6.45, 7) is 3.15. The van der Waals surface area contributed by atoms with Gasteiger partial charge >= 0.3 is 0 Å². The molecule has 1 saturated carbocycles. The first-order valence-electron chi connectivity index (χ1n) is 7.61. The monoisotopic (exact) mass is 342 g/mol. The van der Waals surface area contributed by atoms with Gasteiger partial charge in [-0.2, -0.15) is 5.10 Å². The number of nitrogens with zero attached hydrogens (tertiary/aromatic N) is 3. The predicted molar refractivity (Wildman–Crippen MR) is 86.8 cm³/mol. The van der Waals surface area contributed by atoms with Crippen LogP contribution in [0, 0.1) is 0 Å². The Labute approximate surface area is 131 Å². The lowest BCUT2D eigenvalue weighted by atomic mass is 9.74. The molecular formula is C15H27BrN4. The molecular weight excluding hydrogens is 316 g/mol. The van der Waals surface area contributed by atoms with Gasteiger partial charge in [-0.1, -0.05) is 26.2 Å². The van der Waals surface area contributed by atoms with Crippen LogP contribution in [0.4, 0.5) is 0 Å². The summed E-state index contributed by atoms with van der Waals surface area (Å²) < 4.78 is 3.12. The van der Waals surface area contributed by atoms with Crippen molar-refractivity contribution in [3.05, 3.63) is 16.4 Å². The van der Waals surface area contributed by atoms with Crippen LogP contribution in [0.25, 0.3) is 0 Å². The summed E-state index contributed by atoms with van der Waals surface area (Å²) in [5.41, 5.74) is 1.45. The van der Waals surface area contributed by atoms with E-state index in [2.05, 4.69) is 52.3 Å². The number of hydrogen-bond acceptors (Lipinski definition) is 3. The van der Waals surface area contributed by atoms with Gasteiger partial charge in [0.2, 0.25) is 0 Å². The van der Waals surface area contributed by atoms with Gasteiger partial charge < -0.3 is 10.2 Å². The van der Waals surface area contributed by atoms with E-state index in [4.69, 9.17) is 0 Å². The first-order valence-corrected chi connectivity index (χ1v) is 8.40. The van der Waals surface area contributed by atoms with Crippen LogP contribution in [0.1, 0.15) is 50.8 Å². The van der Waals surface area contributed by atoms with Gasteiger partial charge in [0.1, 0.15) is 0 Å². The lowest BCUT2D eigenvalue weighted by molar-refractivity contribution is 0.0537. The smallest absolute Gasteiger partial charge is 0.0711 e. The molecule has 114 valence electrons. The second kappa shape index (κ2) is 6.58. The summed E-state index contributed by atoms with van der Waals surface area (Å²) >= 11 is 3.69. The maximum absolute atomic E-state index is 4.42. The van der Waals surface area contributed by atoms with Crippen LogP contribution in [-0.2, 0) is 7.05 Å². The van der Waals surface area contributed by atoms with Crippen molar-refractivity contribution in [2.24, 2.45) is 7.05 Å². The van der Waals surface area contributed by atoms with Crippen molar-refractivity contribution in [2.45, 2.75) is 50.6 Å². The fourth-order valence-electron chi connectivity index (χ4n) is 3.65. The third-order valence-electron chi connectivity index (χ3n) is 4.77. The van der Waals surface area contributed by atoms with Crippen molar-refractivity contribution in [1.82, 2.24) is 20.0 Å². The van der Waals surface area contributed by atoms with E-state index in [0.717, 1.165) is 11.0 Å². The Kier molecular flexibility index (Phi) is 5.26. The van der Waals surface area contributed by atoms with E-state index in [1.807, 2.05) is 17.9 Å². The number of aryl methyl sites for hydroxylation is 1. The molecule has 1 aromatic heterocycles. The molecule has 1 heterocycles. The average Bonchev–Trinajstić information content (AvgIpc) is 2.76. The van der Waals surface area contributed by atoms with Crippen molar-refractivity contribution in [2.75, 3.05) is 20.6 Å². The fraction of sp³-hybridized carbons (Fsp3) is 0.800. The Bertz CT molecular complexity index is 416. The van der Waals surface area contributed by atoms with Gasteiger partial charge in [0, 0.05) is 12.6 Å². The van der Waals surface area contributed by atoms with Crippen molar-refractivity contribution < 1.29 is 0 Å². The summed E-state index contributed by atoms with van der Waals surface area (Å²) in [7, 11) is 6.48. The van der Waals surface area contributed by atoms with Gasteiger partial charge in [0.15, 0.2) is 0 Å². The molecule has 0 aliphatic heterocycles. The minimum atomic E-state index is 0.185. The Morgan fingerprint density at radius 3 is 2.50 bits per heavy atom. The zero-order valence-corrected chi connectivity index (χ0v) is 14.7. The van der Waals surface area contributed by atoms with Gasteiger partial charge in [0.05, 0.1) is 22.4 Å². The highest BCUT2D eigenvalue weighted by atomic mass is 79.9. The largest absolute Gasteiger partial charge is 0.307 e. The topological polar surface area (TPSA) is 33.1 Å². The van der Waals surface area contributed by atoms with Gasteiger partial charge in [-0.15, -0.1) is 0 Å². The molecule has 0 bridgehead atoms. The summed E-state index contributed by atoms with van der Waals surface area (Å²) in [6, 6.07) is 0.310. The van der Waals surface area contributed by atoms with E-state index in [0.29, 0.717) is 6.04 Å². The Hall–Kier alpha value is -0.390. The molecule has 1 aliphatic carbocycles. The molecule has 1 atom stereocenters. The third-order valence-corrected chi connectivity index (χ3v) is 5.38. The summed E-state index contributed by atoms with van der Waals surface area (Å²) in [4.78, 5) is 2.43. The Balaban J connectivity index is 2.44. The predicted octanol–water partition coefficient (Wildman–Crippen LogP) is 3.10. The van der Waals surface area contributed by atoms with Crippen molar-refractivity contribution in [1.29, 1.82) is 0 Å². The number of rotatable bonds is 5. The van der Waals surface area contributed by atoms with E-state index in [9.17, 15) is 0 Å².